The smallest absolute Gasteiger partial charge is 0.454 e. The van der Waals surface area contributed by atoms with Gasteiger partial charge in [0.15, 0.2) is 17.5 Å². The van der Waals surface area contributed by atoms with Gasteiger partial charge in [0.2, 0.25) is 0 Å². The summed E-state index contributed by atoms with van der Waals surface area (Å²) in [5.41, 5.74) is -5.42. The molecule has 0 aromatic rings. The van der Waals surface area contributed by atoms with Crippen molar-refractivity contribution in [1.29, 1.82) is 0 Å². The second-order valence-electron chi connectivity index (χ2n) is 11.4. The lowest BCUT2D eigenvalue weighted by molar-refractivity contribution is -0.222. The minimum absolute atomic E-state index is 0.0515. The summed E-state index contributed by atoms with van der Waals surface area (Å²) < 4.78 is 16.4. The van der Waals surface area contributed by atoms with Crippen LogP contribution in [0, 0.1) is 29.1 Å². The summed E-state index contributed by atoms with van der Waals surface area (Å²) in [6, 6.07) is 0. The zero-order valence-electron chi connectivity index (χ0n) is 22.1. The fourth-order valence-electron chi connectivity index (χ4n) is 7.38. The fraction of sp³-hybridized carbons (Fsp3) is 0.704. The number of carbonyl (C=O) groups is 4. The van der Waals surface area contributed by atoms with Gasteiger partial charge < -0.3 is 29.5 Å². The SMILES string of the molecule is CCC(=O)OC(=O)O[C@@H]1[C@@H](C)[C@@]2(O)[C@@H](C=C(CO)C[C@]3(O)C(=O)C(C)=C[C@@H]23)[C@@H]2C(C)(C)[C@]12OC(=O)CC. The van der Waals surface area contributed by atoms with E-state index in [1.54, 1.807) is 26.8 Å². The van der Waals surface area contributed by atoms with Gasteiger partial charge in [-0.3, -0.25) is 14.4 Å². The first-order chi connectivity index (χ1) is 17.2. The molecule has 4 aliphatic carbocycles. The van der Waals surface area contributed by atoms with E-state index < -0.39 is 82.5 Å². The lowest BCUT2D eigenvalue weighted by atomic mass is 9.59. The van der Waals surface area contributed by atoms with E-state index in [2.05, 4.69) is 0 Å². The van der Waals surface area contributed by atoms with Gasteiger partial charge in [0.25, 0.3) is 0 Å². The molecular formula is C27H36O10. The summed E-state index contributed by atoms with van der Waals surface area (Å²) in [7, 11) is 0. The van der Waals surface area contributed by atoms with Gasteiger partial charge in [-0.2, -0.15) is 0 Å². The third-order valence-corrected chi connectivity index (χ3v) is 9.24. The number of esters is 2. The van der Waals surface area contributed by atoms with Crippen LogP contribution in [0.3, 0.4) is 0 Å². The van der Waals surface area contributed by atoms with E-state index in [4.69, 9.17) is 14.2 Å². The maximum Gasteiger partial charge on any atom is 0.516 e. The van der Waals surface area contributed by atoms with E-state index >= 15 is 0 Å². The first-order valence-electron chi connectivity index (χ1n) is 12.8. The Labute approximate surface area is 215 Å². The highest BCUT2D eigenvalue weighted by Crippen LogP contribution is 2.77. The minimum Gasteiger partial charge on any atom is -0.454 e. The molecule has 0 saturated heterocycles. The number of ketones is 1. The Hall–Kier alpha value is -2.56. The van der Waals surface area contributed by atoms with Gasteiger partial charge in [-0.05, 0) is 18.1 Å². The maximum atomic E-state index is 13.1. The molecule has 0 amide bonds. The summed E-state index contributed by atoms with van der Waals surface area (Å²) in [4.78, 5) is 50.2. The Balaban J connectivity index is 1.91. The third kappa shape index (κ3) is 3.55. The van der Waals surface area contributed by atoms with Crippen molar-refractivity contribution >= 4 is 23.9 Å². The van der Waals surface area contributed by atoms with Crippen molar-refractivity contribution in [2.45, 2.75) is 83.7 Å². The first kappa shape index (κ1) is 27.5. The molecule has 10 nitrogen and oxygen atoms in total. The largest absolute Gasteiger partial charge is 0.516 e. The van der Waals surface area contributed by atoms with E-state index in [-0.39, 0.29) is 24.8 Å². The Bertz CT molecular complexity index is 1100. The van der Waals surface area contributed by atoms with Crippen molar-refractivity contribution in [2.24, 2.45) is 29.1 Å². The van der Waals surface area contributed by atoms with E-state index in [9.17, 15) is 34.5 Å². The molecule has 204 valence electrons. The van der Waals surface area contributed by atoms with Crippen LogP contribution in [0.1, 0.15) is 60.8 Å². The number of Topliss-reactive ketones (excluding diaryl/α,β-unsaturated/α-hetero) is 1. The van der Waals surface area contributed by atoms with Gasteiger partial charge in [0.05, 0.1) is 12.2 Å². The van der Waals surface area contributed by atoms with Crippen LogP contribution in [-0.2, 0) is 28.6 Å². The number of hydrogen-bond acceptors (Lipinski definition) is 10. The van der Waals surface area contributed by atoms with Gasteiger partial charge in [0.1, 0.15) is 5.60 Å². The van der Waals surface area contributed by atoms with Crippen LogP contribution in [0.2, 0.25) is 0 Å². The number of aliphatic hydroxyl groups excluding tert-OH is 1. The number of hydrogen-bond donors (Lipinski definition) is 3. The number of carbonyl (C=O) groups excluding carboxylic acids is 4. The molecule has 3 N–H and O–H groups in total. The zero-order valence-corrected chi connectivity index (χ0v) is 22.1. The molecule has 0 bridgehead atoms. The summed E-state index contributed by atoms with van der Waals surface area (Å²) in [5, 5.41) is 34.3. The maximum absolute atomic E-state index is 13.1. The Morgan fingerprint density at radius 3 is 2.27 bits per heavy atom. The minimum atomic E-state index is -2.02. The van der Waals surface area contributed by atoms with Crippen LogP contribution in [0.5, 0.6) is 0 Å². The topological polar surface area (TPSA) is 157 Å². The quantitative estimate of drug-likeness (QED) is 0.278. The third-order valence-electron chi connectivity index (χ3n) is 9.24. The standard InChI is InChI=1S/C27H36O10/c1-7-18(29)35-23(32)36-22-14(4)26(34)16(20-24(5,6)27(20,22)37-19(30)8-2)10-15(12-28)11-25(33)17(26)9-13(3)21(25)31/h9-10,14,16-17,20,22,28,33-34H,7-8,11-12H2,1-6H3/t14-,16+,17-,20-,22-,25-,26-,27-/m1/s1. The molecule has 8 atom stereocenters. The van der Waals surface area contributed by atoms with Gasteiger partial charge in [0, 0.05) is 48.3 Å². The van der Waals surface area contributed by atoms with Crippen molar-refractivity contribution in [3.8, 4) is 0 Å². The van der Waals surface area contributed by atoms with Crippen LogP contribution >= 0.6 is 0 Å². The summed E-state index contributed by atoms with van der Waals surface area (Å²) in [6.45, 7) is 9.50. The fourth-order valence-corrected chi connectivity index (χ4v) is 7.38. The second kappa shape index (κ2) is 8.74. The first-order valence-corrected chi connectivity index (χ1v) is 12.8. The van der Waals surface area contributed by atoms with Crippen molar-refractivity contribution in [3.63, 3.8) is 0 Å². The molecule has 0 unspecified atom stereocenters. The summed E-state index contributed by atoms with van der Waals surface area (Å²) >= 11 is 0. The van der Waals surface area contributed by atoms with Crippen LogP contribution < -0.4 is 0 Å². The number of ether oxygens (including phenoxy) is 3. The number of fused-ring (bicyclic) bond motifs is 5. The molecule has 0 radical (unpaired) electrons. The van der Waals surface area contributed by atoms with E-state index in [0.717, 1.165) is 0 Å². The van der Waals surface area contributed by atoms with Crippen molar-refractivity contribution in [2.75, 3.05) is 6.61 Å². The van der Waals surface area contributed by atoms with Crippen LogP contribution in [-0.4, -0.2) is 68.7 Å². The molecule has 2 saturated carbocycles. The lowest BCUT2D eigenvalue weighted by Crippen LogP contribution is -2.66. The average molecular weight is 521 g/mol. The number of aliphatic hydroxyl groups is 3. The normalized spacial score (nSPS) is 41.2. The van der Waals surface area contributed by atoms with Crippen molar-refractivity contribution in [1.82, 2.24) is 0 Å². The Kier molecular flexibility index (Phi) is 6.49. The van der Waals surface area contributed by atoms with E-state index in [1.165, 1.54) is 13.0 Å². The predicted octanol–water partition coefficient (Wildman–Crippen LogP) is 1.99. The van der Waals surface area contributed by atoms with Gasteiger partial charge in [-0.25, -0.2) is 4.79 Å². The van der Waals surface area contributed by atoms with Crippen LogP contribution in [0.15, 0.2) is 23.3 Å². The van der Waals surface area contributed by atoms with E-state index in [0.29, 0.717) is 5.57 Å². The Morgan fingerprint density at radius 1 is 1.08 bits per heavy atom. The molecule has 0 aliphatic heterocycles. The van der Waals surface area contributed by atoms with E-state index in [1.807, 2.05) is 13.8 Å². The average Bonchev–Trinajstić information content (AvgIpc) is 3.27. The van der Waals surface area contributed by atoms with Gasteiger partial charge in [-0.1, -0.05) is 46.8 Å². The Morgan fingerprint density at radius 2 is 1.70 bits per heavy atom. The lowest BCUT2D eigenvalue weighted by Gasteiger charge is -2.52. The highest BCUT2D eigenvalue weighted by molar-refractivity contribution is 6.04. The van der Waals surface area contributed by atoms with Crippen LogP contribution in [0.4, 0.5) is 4.79 Å². The predicted molar refractivity (Wildman–Crippen MR) is 128 cm³/mol. The van der Waals surface area contributed by atoms with Crippen LogP contribution in [0.25, 0.3) is 0 Å². The second-order valence-corrected chi connectivity index (χ2v) is 11.4. The molecule has 37 heavy (non-hydrogen) atoms. The molecule has 2 fully saturated rings. The molecule has 10 heteroatoms. The molecule has 0 spiro atoms. The van der Waals surface area contributed by atoms with Gasteiger partial charge in [-0.15, -0.1) is 0 Å². The van der Waals surface area contributed by atoms with Crippen molar-refractivity contribution in [3.05, 3.63) is 23.3 Å². The van der Waals surface area contributed by atoms with Gasteiger partial charge >= 0.3 is 18.1 Å². The van der Waals surface area contributed by atoms with Crippen molar-refractivity contribution < 1.29 is 48.7 Å². The molecule has 0 aromatic heterocycles. The molecule has 0 aromatic carbocycles. The highest BCUT2D eigenvalue weighted by Gasteiger charge is 2.88. The highest BCUT2D eigenvalue weighted by atomic mass is 16.8. The molecule has 4 aliphatic rings. The summed E-state index contributed by atoms with van der Waals surface area (Å²) in [6.07, 6.45) is 0.461. The number of rotatable bonds is 5. The molecule has 4 rings (SSSR count). The zero-order chi connectivity index (χ0) is 27.7. The molecular weight excluding hydrogens is 484 g/mol. The monoisotopic (exact) mass is 520 g/mol. The molecule has 0 heterocycles. The summed E-state index contributed by atoms with van der Waals surface area (Å²) in [5.74, 6) is -5.36.